The Hall–Kier alpha value is -2.52. The van der Waals surface area contributed by atoms with Crippen LogP contribution in [0, 0.1) is 0 Å². The maximum Gasteiger partial charge on any atom is 0.172 e. The Labute approximate surface area is 117 Å². The van der Waals surface area contributed by atoms with Crippen molar-refractivity contribution in [3.8, 4) is 0 Å². The zero-order valence-corrected chi connectivity index (χ0v) is 11.7. The quantitative estimate of drug-likeness (QED) is 0.237. The molecule has 0 saturated heterocycles. The second-order valence-corrected chi connectivity index (χ2v) is 3.33. The van der Waals surface area contributed by atoms with Crippen LogP contribution in [0.25, 0.3) is 0 Å². The third-order valence-corrected chi connectivity index (χ3v) is 1.74. The molecule has 0 radical (unpaired) electrons. The number of hydrogen-bond acceptors (Lipinski definition) is 6. The van der Waals surface area contributed by atoms with Gasteiger partial charge in [-0.3, -0.25) is 0 Å². The Bertz CT molecular complexity index is 418. The molecule has 0 heterocycles. The standard InChI is InChI=1S/C10H20N10/c1-3-10(20-16-8-12)19-14-6-4-5-13-17-9(2)18-15-7-11/h7-8H,3-6H2,1-2H3,(H2,11,15)(H2,12,16)/b17-13?,18-9-,19-14?,20-10?. The molecular weight excluding hydrogens is 260 g/mol. The smallest absolute Gasteiger partial charge is 0.172 e. The van der Waals surface area contributed by atoms with Crippen LogP contribution < -0.4 is 11.5 Å². The third kappa shape index (κ3) is 10.6. The molecule has 0 spiro atoms. The molecule has 10 heteroatoms. The zero-order valence-electron chi connectivity index (χ0n) is 11.7. The molecule has 0 unspecified atom stereocenters. The first kappa shape index (κ1) is 17.5. The zero-order chi connectivity index (χ0) is 15.1. The lowest BCUT2D eigenvalue weighted by Crippen LogP contribution is -1.93. The summed E-state index contributed by atoms with van der Waals surface area (Å²) in [6, 6.07) is 0. The number of hydrogen-bond donors (Lipinski definition) is 2. The number of nitrogens with two attached hydrogens (primary N) is 2. The first-order valence-electron chi connectivity index (χ1n) is 6.07. The van der Waals surface area contributed by atoms with Gasteiger partial charge in [-0.15, -0.1) is 30.6 Å². The van der Waals surface area contributed by atoms with Gasteiger partial charge in [0.2, 0.25) is 0 Å². The maximum atomic E-state index is 5.08. The van der Waals surface area contributed by atoms with Crippen molar-refractivity contribution in [1.29, 1.82) is 0 Å². The molecule has 0 amide bonds. The van der Waals surface area contributed by atoms with E-state index >= 15 is 0 Å². The van der Waals surface area contributed by atoms with Gasteiger partial charge < -0.3 is 11.5 Å². The number of rotatable bonds is 7. The van der Waals surface area contributed by atoms with Gasteiger partial charge >= 0.3 is 0 Å². The molecule has 0 rings (SSSR count). The molecule has 0 fully saturated rings. The average Bonchev–Trinajstić information content (AvgIpc) is 2.47. The molecular formula is C10H20N10. The maximum absolute atomic E-state index is 5.08. The highest BCUT2D eigenvalue weighted by molar-refractivity contribution is 5.82. The minimum atomic E-state index is 0.438. The first-order valence-corrected chi connectivity index (χ1v) is 6.07. The second-order valence-electron chi connectivity index (χ2n) is 3.33. The Kier molecular flexibility index (Phi) is 11.3. The molecule has 20 heavy (non-hydrogen) atoms. The summed E-state index contributed by atoms with van der Waals surface area (Å²) in [7, 11) is 0. The van der Waals surface area contributed by atoms with Gasteiger partial charge in [0.05, 0.1) is 13.1 Å². The summed E-state index contributed by atoms with van der Waals surface area (Å²) in [4.78, 5) is 0. The third-order valence-electron chi connectivity index (χ3n) is 1.74. The van der Waals surface area contributed by atoms with Crippen molar-refractivity contribution in [2.45, 2.75) is 26.7 Å². The molecule has 10 nitrogen and oxygen atoms in total. The summed E-state index contributed by atoms with van der Waals surface area (Å²) in [5.74, 6) is 0.962. The summed E-state index contributed by atoms with van der Waals surface area (Å²) in [6.07, 6.45) is 3.54. The summed E-state index contributed by atoms with van der Waals surface area (Å²) in [5.41, 5.74) is 10.1. The SMILES string of the molecule is CCC(N=NCCCN=N/C(C)=N\N=C\N)=N/N=C/N. The molecule has 0 aromatic carbocycles. The van der Waals surface area contributed by atoms with Crippen LogP contribution in [0.4, 0.5) is 0 Å². The predicted molar refractivity (Wildman–Crippen MR) is 80.3 cm³/mol. The van der Waals surface area contributed by atoms with Gasteiger partial charge in [0.1, 0.15) is 12.7 Å². The fraction of sp³-hybridized carbons (Fsp3) is 0.600. The van der Waals surface area contributed by atoms with Crippen LogP contribution in [0.1, 0.15) is 26.7 Å². The fourth-order valence-electron chi connectivity index (χ4n) is 0.894. The lowest BCUT2D eigenvalue weighted by atomic mass is 10.4. The Morgan fingerprint density at radius 1 is 0.950 bits per heavy atom. The molecule has 0 bridgehead atoms. The van der Waals surface area contributed by atoms with Crippen molar-refractivity contribution < 1.29 is 0 Å². The van der Waals surface area contributed by atoms with Crippen molar-refractivity contribution in [2.75, 3.05) is 13.1 Å². The van der Waals surface area contributed by atoms with E-state index in [4.69, 9.17) is 11.5 Å². The van der Waals surface area contributed by atoms with E-state index in [2.05, 4.69) is 40.9 Å². The molecule has 4 N–H and O–H groups in total. The number of amidine groups is 2. The molecule has 0 aromatic rings. The minimum absolute atomic E-state index is 0.438. The van der Waals surface area contributed by atoms with Crippen LogP contribution in [0.3, 0.4) is 0 Å². The van der Waals surface area contributed by atoms with Crippen molar-refractivity contribution in [2.24, 2.45) is 52.3 Å². The van der Waals surface area contributed by atoms with Crippen molar-refractivity contribution in [3.05, 3.63) is 0 Å². The van der Waals surface area contributed by atoms with Gasteiger partial charge in [-0.05, 0) is 13.3 Å². The van der Waals surface area contributed by atoms with Crippen molar-refractivity contribution in [3.63, 3.8) is 0 Å². The van der Waals surface area contributed by atoms with Crippen LogP contribution in [-0.2, 0) is 0 Å². The molecule has 0 aromatic heterocycles. The highest BCUT2D eigenvalue weighted by Gasteiger charge is 1.91. The van der Waals surface area contributed by atoms with Gasteiger partial charge in [0, 0.05) is 6.42 Å². The van der Waals surface area contributed by atoms with Gasteiger partial charge in [0.15, 0.2) is 11.7 Å². The first-order chi connectivity index (χ1) is 9.74. The normalized spacial score (nSPS) is 14.5. The van der Waals surface area contributed by atoms with Gasteiger partial charge in [-0.2, -0.15) is 10.2 Å². The van der Waals surface area contributed by atoms with E-state index in [9.17, 15) is 0 Å². The van der Waals surface area contributed by atoms with Crippen LogP contribution in [-0.4, -0.2) is 37.4 Å². The van der Waals surface area contributed by atoms with Crippen molar-refractivity contribution >= 4 is 24.3 Å². The van der Waals surface area contributed by atoms with Crippen LogP contribution in [0.5, 0.6) is 0 Å². The van der Waals surface area contributed by atoms with Crippen molar-refractivity contribution in [1.82, 2.24) is 0 Å². The van der Waals surface area contributed by atoms with E-state index in [1.54, 1.807) is 6.92 Å². The lowest BCUT2D eigenvalue weighted by Gasteiger charge is -1.92. The molecule has 0 saturated carbocycles. The molecule has 0 aliphatic heterocycles. The Balaban J connectivity index is 3.94. The monoisotopic (exact) mass is 280 g/mol. The van der Waals surface area contributed by atoms with E-state index in [1.165, 1.54) is 0 Å². The highest BCUT2D eigenvalue weighted by atomic mass is 15.3. The molecule has 110 valence electrons. The summed E-state index contributed by atoms with van der Waals surface area (Å²) < 4.78 is 0. The Morgan fingerprint density at radius 3 is 2.15 bits per heavy atom. The van der Waals surface area contributed by atoms with Gasteiger partial charge in [-0.1, -0.05) is 6.92 Å². The van der Waals surface area contributed by atoms with Crippen LogP contribution >= 0.6 is 0 Å². The van der Waals surface area contributed by atoms with E-state index in [-0.39, 0.29) is 0 Å². The summed E-state index contributed by atoms with van der Waals surface area (Å²) >= 11 is 0. The summed E-state index contributed by atoms with van der Waals surface area (Å²) in [5, 5.41) is 30.1. The van der Waals surface area contributed by atoms with Gasteiger partial charge in [0.25, 0.3) is 0 Å². The Morgan fingerprint density at radius 2 is 1.55 bits per heavy atom. The van der Waals surface area contributed by atoms with Gasteiger partial charge in [-0.25, -0.2) is 0 Å². The largest absolute Gasteiger partial charge is 0.388 e. The number of azo groups is 2. The summed E-state index contributed by atoms with van der Waals surface area (Å²) in [6.45, 7) is 4.64. The molecule has 0 aliphatic carbocycles. The molecule has 0 aliphatic rings. The fourth-order valence-corrected chi connectivity index (χ4v) is 0.894. The van der Waals surface area contributed by atoms with E-state index in [0.29, 0.717) is 31.2 Å². The lowest BCUT2D eigenvalue weighted by molar-refractivity contribution is 0.790. The minimum Gasteiger partial charge on any atom is -0.388 e. The molecule has 0 atom stereocenters. The topological polar surface area (TPSA) is 151 Å². The van der Waals surface area contributed by atoms with E-state index in [1.807, 2.05) is 6.92 Å². The predicted octanol–water partition coefficient (Wildman–Crippen LogP) is 1.31. The average molecular weight is 280 g/mol. The number of nitrogens with zero attached hydrogens (tertiary/aromatic N) is 8. The highest BCUT2D eigenvalue weighted by Crippen LogP contribution is 1.93. The second kappa shape index (κ2) is 12.9. The van der Waals surface area contributed by atoms with Crippen LogP contribution in [0.2, 0.25) is 0 Å². The van der Waals surface area contributed by atoms with E-state index in [0.717, 1.165) is 19.1 Å². The van der Waals surface area contributed by atoms with Crippen LogP contribution in [0.15, 0.2) is 40.9 Å². The van der Waals surface area contributed by atoms with E-state index < -0.39 is 0 Å².